The number of nitrogens with two attached hydrogens (primary N) is 1. The number of sulfonamides is 1. The zero-order chi connectivity index (χ0) is 23.7. The van der Waals surface area contributed by atoms with Gasteiger partial charge in [-0.2, -0.15) is 16.1 Å². The van der Waals surface area contributed by atoms with E-state index in [0.29, 0.717) is 17.4 Å². The van der Waals surface area contributed by atoms with Gasteiger partial charge in [-0.3, -0.25) is 9.59 Å². The van der Waals surface area contributed by atoms with E-state index in [1.54, 1.807) is 23.9 Å². The lowest BCUT2D eigenvalue weighted by Crippen LogP contribution is -2.52. The Bertz CT molecular complexity index is 1130. The first-order chi connectivity index (χ1) is 14.9. The Hall–Kier alpha value is -2.02. The zero-order valence-corrected chi connectivity index (χ0v) is 20.4. The summed E-state index contributed by atoms with van der Waals surface area (Å²) >= 11 is 1.72. The van der Waals surface area contributed by atoms with Gasteiger partial charge in [0.1, 0.15) is 24.5 Å². The molecule has 1 aromatic carbocycles. The van der Waals surface area contributed by atoms with Gasteiger partial charge in [-0.15, -0.1) is 0 Å². The summed E-state index contributed by atoms with van der Waals surface area (Å²) in [4.78, 5) is 27.2. The van der Waals surface area contributed by atoms with Crippen molar-refractivity contribution in [2.75, 3.05) is 32.0 Å². The number of hydrogen-bond acceptors (Lipinski definition) is 6. The van der Waals surface area contributed by atoms with Gasteiger partial charge in [-0.25, -0.2) is 8.42 Å². The summed E-state index contributed by atoms with van der Waals surface area (Å²) < 4.78 is 33.9. The molecule has 0 radical (unpaired) electrons. The van der Waals surface area contributed by atoms with Gasteiger partial charge in [-0.1, -0.05) is 38.4 Å². The number of thioether (sulfide) groups is 1. The first-order valence-corrected chi connectivity index (χ1v) is 12.8. The largest absolute Gasteiger partial charge is 0.366 e. The lowest BCUT2D eigenvalue weighted by molar-refractivity contribution is -0.136. The van der Waals surface area contributed by atoms with E-state index in [9.17, 15) is 18.0 Å². The third-order valence-electron chi connectivity index (χ3n) is 5.01. The van der Waals surface area contributed by atoms with E-state index < -0.39 is 22.0 Å². The number of nitrogens with zero attached hydrogens (tertiary/aromatic N) is 1. The van der Waals surface area contributed by atoms with Crippen LogP contribution in [0.25, 0.3) is 10.9 Å². The van der Waals surface area contributed by atoms with Crippen molar-refractivity contribution >= 4 is 57.8 Å². The van der Waals surface area contributed by atoms with E-state index in [4.69, 9.17) is 10.5 Å². The SMILES string of the molecule is Bc1ccc2[nH]c(C(N)=O)c(S(=O)(=O)N3CCOC(C(=O)NCCSC(C)(C)C)C3)c2c1. The fourth-order valence-corrected chi connectivity index (χ4v) is 6.08. The molecular weight excluding hydrogens is 451 g/mol. The summed E-state index contributed by atoms with van der Waals surface area (Å²) in [6.45, 7) is 6.75. The highest BCUT2D eigenvalue weighted by Gasteiger charge is 2.37. The Kier molecular flexibility index (Phi) is 7.28. The van der Waals surface area contributed by atoms with Crippen LogP contribution in [-0.4, -0.2) is 80.2 Å². The molecule has 4 N–H and O–H groups in total. The average molecular weight is 480 g/mol. The standard InChI is InChI=1S/C20H29BN4O5S2/c1-20(2,3)31-9-6-23-19(27)15-11-25(7-8-30-15)32(28,29)17-13-10-12(21)4-5-14(13)24-16(17)18(22)26/h4-5,10,15,24H,6-9,11,21H2,1-3H3,(H2,22,26)(H,23,27). The Labute approximate surface area is 193 Å². The molecule has 1 atom stereocenters. The smallest absolute Gasteiger partial charge is 0.266 e. The summed E-state index contributed by atoms with van der Waals surface area (Å²) in [5.41, 5.74) is 6.65. The molecule has 2 amide bonds. The molecule has 0 spiro atoms. The molecular formula is C20H29BN4O5S2. The molecule has 0 aliphatic carbocycles. The van der Waals surface area contributed by atoms with E-state index in [1.165, 1.54) is 4.31 Å². The van der Waals surface area contributed by atoms with Crippen LogP contribution in [0, 0.1) is 0 Å². The summed E-state index contributed by atoms with van der Waals surface area (Å²) in [7, 11) is -2.28. The number of fused-ring (bicyclic) bond motifs is 1. The first-order valence-electron chi connectivity index (χ1n) is 10.4. The number of aromatic nitrogens is 1. The highest BCUT2D eigenvalue weighted by Crippen LogP contribution is 2.30. The van der Waals surface area contributed by atoms with Crippen molar-refractivity contribution in [1.29, 1.82) is 0 Å². The number of rotatable bonds is 7. The molecule has 1 fully saturated rings. The minimum atomic E-state index is -4.11. The van der Waals surface area contributed by atoms with E-state index in [0.717, 1.165) is 11.2 Å². The molecule has 1 aliphatic heterocycles. The number of ether oxygens (including phenoxy) is 1. The highest BCUT2D eigenvalue weighted by molar-refractivity contribution is 8.00. The minimum absolute atomic E-state index is 0.0708. The Balaban J connectivity index is 1.81. The van der Waals surface area contributed by atoms with Gasteiger partial charge in [0, 0.05) is 41.0 Å². The van der Waals surface area contributed by atoms with Crippen molar-refractivity contribution in [2.45, 2.75) is 36.5 Å². The third kappa shape index (κ3) is 5.48. The number of morpholine rings is 1. The summed E-state index contributed by atoms with van der Waals surface area (Å²) in [5, 5.41) is 3.21. The Morgan fingerprint density at radius 2 is 2.09 bits per heavy atom. The average Bonchev–Trinajstić information content (AvgIpc) is 3.10. The van der Waals surface area contributed by atoms with Crippen LogP contribution in [0.15, 0.2) is 23.1 Å². The number of amides is 2. The summed E-state index contributed by atoms with van der Waals surface area (Å²) in [6, 6.07) is 5.22. The number of aromatic amines is 1. The van der Waals surface area contributed by atoms with Crippen LogP contribution in [0.4, 0.5) is 0 Å². The van der Waals surface area contributed by atoms with Gasteiger partial charge in [0.25, 0.3) is 11.8 Å². The first kappa shape index (κ1) is 24.6. The second-order valence-corrected chi connectivity index (χ2v) is 12.5. The molecule has 32 heavy (non-hydrogen) atoms. The Morgan fingerprint density at radius 3 is 2.75 bits per heavy atom. The molecule has 1 unspecified atom stereocenters. The van der Waals surface area contributed by atoms with Gasteiger partial charge in [-0.05, 0) is 6.07 Å². The van der Waals surface area contributed by atoms with Crippen molar-refractivity contribution in [1.82, 2.24) is 14.6 Å². The van der Waals surface area contributed by atoms with Gasteiger partial charge < -0.3 is 20.8 Å². The molecule has 0 saturated carbocycles. The molecule has 12 heteroatoms. The van der Waals surface area contributed by atoms with Crippen LogP contribution in [0.5, 0.6) is 0 Å². The van der Waals surface area contributed by atoms with E-state index in [2.05, 4.69) is 31.1 Å². The summed E-state index contributed by atoms with van der Waals surface area (Å²) in [5.74, 6) is -0.485. The fourth-order valence-electron chi connectivity index (χ4n) is 3.50. The predicted molar refractivity (Wildman–Crippen MR) is 129 cm³/mol. The van der Waals surface area contributed by atoms with Crippen LogP contribution in [0.1, 0.15) is 31.3 Å². The van der Waals surface area contributed by atoms with Crippen molar-refractivity contribution in [3.63, 3.8) is 0 Å². The topological polar surface area (TPSA) is 135 Å². The van der Waals surface area contributed by atoms with Crippen LogP contribution < -0.4 is 16.5 Å². The number of H-pyrrole nitrogens is 1. The number of primary amides is 1. The second kappa shape index (κ2) is 9.46. The van der Waals surface area contributed by atoms with E-state index in [-0.39, 0.29) is 40.9 Å². The molecule has 1 aromatic heterocycles. The van der Waals surface area contributed by atoms with E-state index in [1.807, 2.05) is 13.9 Å². The molecule has 3 rings (SSSR count). The predicted octanol–water partition coefficient (Wildman–Crippen LogP) is -0.437. The number of carbonyl (C=O) groups is 2. The maximum Gasteiger partial charge on any atom is 0.266 e. The van der Waals surface area contributed by atoms with Crippen molar-refractivity contribution in [3.8, 4) is 0 Å². The monoisotopic (exact) mass is 480 g/mol. The van der Waals surface area contributed by atoms with E-state index >= 15 is 0 Å². The van der Waals surface area contributed by atoms with Crippen molar-refractivity contribution in [3.05, 3.63) is 23.9 Å². The maximum atomic E-state index is 13.5. The zero-order valence-electron chi connectivity index (χ0n) is 18.7. The second-order valence-electron chi connectivity index (χ2n) is 8.72. The summed E-state index contributed by atoms with van der Waals surface area (Å²) in [6.07, 6.45) is -0.929. The minimum Gasteiger partial charge on any atom is -0.366 e. The van der Waals surface area contributed by atoms with Crippen LogP contribution in [0.2, 0.25) is 0 Å². The van der Waals surface area contributed by atoms with Gasteiger partial charge >= 0.3 is 0 Å². The number of nitrogens with one attached hydrogen (secondary N) is 2. The van der Waals surface area contributed by atoms with Crippen LogP contribution in [0.3, 0.4) is 0 Å². The lowest BCUT2D eigenvalue weighted by Gasteiger charge is -2.31. The van der Waals surface area contributed by atoms with Gasteiger partial charge in [0.15, 0.2) is 0 Å². The van der Waals surface area contributed by atoms with Gasteiger partial charge in [0.05, 0.1) is 6.61 Å². The van der Waals surface area contributed by atoms with Crippen molar-refractivity contribution < 1.29 is 22.7 Å². The van der Waals surface area contributed by atoms with Crippen molar-refractivity contribution in [2.24, 2.45) is 5.73 Å². The molecule has 0 bridgehead atoms. The quantitative estimate of drug-likeness (QED) is 0.364. The van der Waals surface area contributed by atoms with Crippen LogP contribution in [-0.2, 0) is 19.6 Å². The molecule has 1 saturated heterocycles. The fraction of sp³-hybridized carbons (Fsp3) is 0.500. The number of benzene rings is 1. The van der Waals surface area contributed by atoms with Crippen LogP contribution >= 0.6 is 11.8 Å². The molecule has 2 aromatic rings. The lowest BCUT2D eigenvalue weighted by atomic mass is 9.95. The molecule has 2 heterocycles. The normalized spacial score (nSPS) is 18.0. The molecule has 9 nitrogen and oxygen atoms in total. The number of carbonyl (C=O) groups excluding carboxylic acids is 2. The Morgan fingerprint density at radius 1 is 1.38 bits per heavy atom. The number of hydrogen-bond donors (Lipinski definition) is 3. The highest BCUT2D eigenvalue weighted by atomic mass is 32.2. The van der Waals surface area contributed by atoms with Gasteiger partial charge in [0.2, 0.25) is 10.0 Å². The molecule has 1 aliphatic rings. The molecule has 174 valence electrons. The third-order valence-corrected chi connectivity index (χ3v) is 8.23. The maximum absolute atomic E-state index is 13.5.